The standard InChI is InChI=1S/C19H17N3O2/c1-2-15-16(12-3-6-14(23)7-4-12)10-21-11-17(15)13-5-8-18(19(20)24)22-9-13/h3-11,23H,2H2,1H3,(H2,20,24). The molecule has 2 aromatic heterocycles. The summed E-state index contributed by atoms with van der Waals surface area (Å²) in [7, 11) is 0. The minimum absolute atomic E-state index is 0.229. The fraction of sp³-hybridized carbons (Fsp3) is 0.105. The van der Waals surface area contributed by atoms with Crippen LogP contribution in [0.3, 0.4) is 0 Å². The maximum atomic E-state index is 11.2. The maximum absolute atomic E-state index is 11.2. The summed E-state index contributed by atoms with van der Waals surface area (Å²) >= 11 is 0. The number of aromatic hydroxyl groups is 1. The van der Waals surface area contributed by atoms with Gasteiger partial charge in [0.25, 0.3) is 5.91 Å². The minimum atomic E-state index is -0.548. The number of rotatable bonds is 4. The van der Waals surface area contributed by atoms with Crippen molar-refractivity contribution in [3.8, 4) is 28.0 Å². The Balaban J connectivity index is 2.10. The first-order chi connectivity index (χ1) is 11.6. The van der Waals surface area contributed by atoms with Crippen molar-refractivity contribution >= 4 is 5.91 Å². The molecule has 0 spiro atoms. The summed E-state index contributed by atoms with van der Waals surface area (Å²) in [5, 5.41) is 9.47. The van der Waals surface area contributed by atoms with Gasteiger partial charge in [0.2, 0.25) is 0 Å². The Morgan fingerprint density at radius 3 is 2.17 bits per heavy atom. The van der Waals surface area contributed by atoms with E-state index in [-0.39, 0.29) is 11.4 Å². The number of hydrogen-bond acceptors (Lipinski definition) is 4. The van der Waals surface area contributed by atoms with E-state index >= 15 is 0 Å². The number of pyridine rings is 2. The van der Waals surface area contributed by atoms with Crippen molar-refractivity contribution in [2.24, 2.45) is 5.73 Å². The Morgan fingerprint density at radius 2 is 1.62 bits per heavy atom. The molecule has 0 aliphatic rings. The largest absolute Gasteiger partial charge is 0.508 e. The van der Waals surface area contributed by atoms with Gasteiger partial charge in [0, 0.05) is 35.3 Å². The van der Waals surface area contributed by atoms with Crippen molar-refractivity contribution in [3.63, 3.8) is 0 Å². The van der Waals surface area contributed by atoms with Crippen molar-refractivity contribution < 1.29 is 9.90 Å². The van der Waals surface area contributed by atoms with Crippen LogP contribution in [0.4, 0.5) is 0 Å². The molecule has 0 fully saturated rings. The second-order valence-corrected chi connectivity index (χ2v) is 5.41. The third-order valence-electron chi connectivity index (χ3n) is 3.92. The first-order valence-corrected chi connectivity index (χ1v) is 7.62. The summed E-state index contributed by atoms with van der Waals surface area (Å²) in [4.78, 5) is 19.6. The second-order valence-electron chi connectivity index (χ2n) is 5.41. The lowest BCUT2D eigenvalue weighted by atomic mass is 9.93. The van der Waals surface area contributed by atoms with Crippen LogP contribution < -0.4 is 5.73 Å². The lowest BCUT2D eigenvalue weighted by Gasteiger charge is -2.13. The van der Waals surface area contributed by atoms with Crippen molar-refractivity contribution in [2.45, 2.75) is 13.3 Å². The molecule has 5 nitrogen and oxygen atoms in total. The van der Waals surface area contributed by atoms with Crippen LogP contribution in [0.15, 0.2) is 55.0 Å². The molecule has 0 aliphatic carbocycles. The van der Waals surface area contributed by atoms with Gasteiger partial charge in [-0.05, 0) is 35.7 Å². The normalized spacial score (nSPS) is 10.5. The van der Waals surface area contributed by atoms with Gasteiger partial charge in [0.1, 0.15) is 11.4 Å². The molecule has 1 amide bonds. The summed E-state index contributed by atoms with van der Waals surface area (Å²) in [6.45, 7) is 2.08. The lowest BCUT2D eigenvalue weighted by Crippen LogP contribution is -2.12. The summed E-state index contributed by atoms with van der Waals surface area (Å²) < 4.78 is 0. The molecule has 3 aromatic rings. The Labute approximate surface area is 139 Å². The molecule has 3 N–H and O–H groups in total. The molecule has 120 valence electrons. The molecule has 0 atom stereocenters. The fourth-order valence-corrected chi connectivity index (χ4v) is 2.71. The number of hydrogen-bond donors (Lipinski definition) is 2. The van der Waals surface area contributed by atoms with Crippen LogP contribution in [-0.4, -0.2) is 21.0 Å². The van der Waals surface area contributed by atoms with E-state index in [4.69, 9.17) is 5.73 Å². The maximum Gasteiger partial charge on any atom is 0.267 e. The topological polar surface area (TPSA) is 89.1 Å². The lowest BCUT2D eigenvalue weighted by molar-refractivity contribution is 0.0995. The van der Waals surface area contributed by atoms with Crippen molar-refractivity contribution in [3.05, 3.63) is 66.2 Å². The quantitative estimate of drug-likeness (QED) is 0.773. The first kappa shape index (κ1) is 15.7. The molecule has 24 heavy (non-hydrogen) atoms. The van der Waals surface area contributed by atoms with Crippen LogP contribution in [0.25, 0.3) is 22.3 Å². The van der Waals surface area contributed by atoms with Gasteiger partial charge in [-0.25, -0.2) is 0 Å². The highest BCUT2D eigenvalue weighted by atomic mass is 16.3. The third-order valence-corrected chi connectivity index (χ3v) is 3.92. The molecule has 1 aromatic carbocycles. The molecular formula is C19H17N3O2. The Morgan fingerprint density at radius 1 is 1.00 bits per heavy atom. The van der Waals surface area contributed by atoms with Gasteiger partial charge in [-0.15, -0.1) is 0 Å². The average Bonchev–Trinajstić information content (AvgIpc) is 2.61. The number of nitrogens with zero attached hydrogens (tertiary/aromatic N) is 2. The van der Waals surface area contributed by atoms with Gasteiger partial charge in [-0.1, -0.05) is 25.1 Å². The van der Waals surface area contributed by atoms with E-state index in [2.05, 4.69) is 16.9 Å². The average molecular weight is 319 g/mol. The van der Waals surface area contributed by atoms with Crippen molar-refractivity contribution in [1.82, 2.24) is 9.97 Å². The number of benzene rings is 1. The zero-order chi connectivity index (χ0) is 17.1. The molecule has 5 heteroatoms. The number of aromatic nitrogens is 2. The summed E-state index contributed by atoms with van der Waals surface area (Å²) in [6, 6.07) is 10.5. The number of phenols is 1. The molecule has 0 bridgehead atoms. The van der Waals surface area contributed by atoms with E-state index < -0.39 is 5.91 Å². The van der Waals surface area contributed by atoms with E-state index in [1.54, 1.807) is 30.6 Å². The van der Waals surface area contributed by atoms with Crippen LogP contribution in [0.2, 0.25) is 0 Å². The number of amides is 1. The number of primary amides is 1. The highest BCUT2D eigenvalue weighted by Crippen LogP contribution is 2.32. The zero-order valence-corrected chi connectivity index (χ0v) is 13.2. The van der Waals surface area contributed by atoms with E-state index in [9.17, 15) is 9.90 Å². The molecule has 0 unspecified atom stereocenters. The first-order valence-electron chi connectivity index (χ1n) is 7.62. The molecule has 3 rings (SSSR count). The van der Waals surface area contributed by atoms with Gasteiger partial charge < -0.3 is 10.8 Å². The number of phenolic OH excluding ortho intramolecular Hbond substituents is 1. The highest BCUT2D eigenvalue weighted by molar-refractivity contribution is 5.91. The SMILES string of the molecule is CCc1c(-c2ccc(O)cc2)cncc1-c1ccc(C(N)=O)nc1. The number of carbonyl (C=O) groups is 1. The molecule has 0 aliphatic heterocycles. The van der Waals surface area contributed by atoms with Crippen molar-refractivity contribution in [2.75, 3.05) is 0 Å². The Hall–Kier alpha value is -3.21. The van der Waals surface area contributed by atoms with Gasteiger partial charge >= 0.3 is 0 Å². The molecule has 0 saturated heterocycles. The molecular weight excluding hydrogens is 302 g/mol. The van der Waals surface area contributed by atoms with Crippen LogP contribution in [0.1, 0.15) is 23.0 Å². The van der Waals surface area contributed by atoms with Crippen LogP contribution in [-0.2, 0) is 6.42 Å². The van der Waals surface area contributed by atoms with E-state index in [1.165, 1.54) is 0 Å². The van der Waals surface area contributed by atoms with Crippen molar-refractivity contribution in [1.29, 1.82) is 0 Å². The van der Waals surface area contributed by atoms with Crippen LogP contribution in [0.5, 0.6) is 5.75 Å². The van der Waals surface area contributed by atoms with E-state index in [0.717, 1.165) is 34.2 Å². The smallest absolute Gasteiger partial charge is 0.267 e. The van der Waals surface area contributed by atoms with Crippen LogP contribution >= 0.6 is 0 Å². The number of nitrogens with two attached hydrogens (primary N) is 1. The second kappa shape index (κ2) is 6.50. The molecule has 0 saturated carbocycles. The summed E-state index contributed by atoms with van der Waals surface area (Å²) in [5.74, 6) is -0.319. The molecule has 0 radical (unpaired) electrons. The predicted octanol–water partition coefficient (Wildman–Crippen LogP) is 3.18. The molecule has 2 heterocycles. The van der Waals surface area contributed by atoms with Gasteiger partial charge in [0.05, 0.1) is 0 Å². The highest BCUT2D eigenvalue weighted by Gasteiger charge is 2.12. The van der Waals surface area contributed by atoms with E-state index in [0.29, 0.717) is 0 Å². The van der Waals surface area contributed by atoms with Gasteiger partial charge in [-0.2, -0.15) is 0 Å². The summed E-state index contributed by atoms with van der Waals surface area (Å²) in [5.41, 5.74) is 10.4. The zero-order valence-electron chi connectivity index (χ0n) is 13.2. The number of carbonyl (C=O) groups excluding carboxylic acids is 1. The van der Waals surface area contributed by atoms with E-state index in [1.807, 2.05) is 24.4 Å². The predicted molar refractivity (Wildman–Crippen MR) is 92.5 cm³/mol. The Kier molecular flexibility index (Phi) is 4.24. The van der Waals surface area contributed by atoms with Gasteiger partial charge in [-0.3, -0.25) is 14.8 Å². The van der Waals surface area contributed by atoms with Gasteiger partial charge in [0.15, 0.2) is 0 Å². The third kappa shape index (κ3) is 2.96. The minimum Gasteiger partial charge on any atom is -0.508 e. The Bertz CT molecular complexity index is 872. The fourth-order valence-electron chi connectivity index (χ4n) is 2.71. The van der Waals surface area contributed by atoms with Crippen LogP contribution in [0, 0.1) is 0 Å². The summed E-state index contributed by atoms with van der Waals surface area (Å²) in [6.07, 6.45) is 6.06. The monoisotopic (exact) mass is 319 g/mol.